The molecule has 0 amide bonds. The number of carbonyl (C=O) groups excluding carboxylic acids is 2. The van der Waals surface area contributed by atoms with Gasteiger partial charge in [-0.05, 0) is 47.5 Å². The fourth-order valence-corrected chi connectivity index (χ4v) is 3.86. The second-order valence-electron chi connectivity index (χ2n) is 6.79. The van der Waals surface area contributed by atoms with E-state index in [0.29, 0.717) is 16.8 Å². The largest absolute Gasteiger partial charge is 0.293 e. The maximum Gasteiger partial charge on any atom is 0.180 e. The van der Waals surface area contributed by atoms with Crippen molar-refractivity contribution < 1.29 is 9.59 Å². The van der Waals surface area contributed by atoms with Crippen molar-refractivity contribution in [2.75, 3.05) is 0 Å². The Kier molecular flexibility index (Phi) is 3.07. The number of ketones is 2. The van der Waals surface area contributed by atoms with Gasteiger partial charge in [0, 0.05) is 16.5 Å². The molecule has 1 aliphatic rings. The zero-order chi connectivity index (χ0) is 17.8. The minimum atomic E-state index is -0.841. The highest BCUT2D eigenvalue weighted by atomic mass is 16.2. The zero-order valence-corrected chi connectivity index (χ0v) is 14.2. The van der Waals surface area contributed by atoms with Gasteiger partial charge in [0.2, 0.25) is 0 Å². The average Bonchev–Trinajstić information content (AvgIpc) is 2.90. The Labute approximate surface area is 150 Å². The number of carbonyl (C=O) groups is 2. The number of rotatable bonds is 1. The first-order valence-electron chi connectivity index (χ1n) is 8.61. The highest BCUT2D eigenvalue weighted by Crippen LogP contribution is 2.37. The van der Waals surface area contributed by atoms with Gasteiger partial charge in [-0.15, -0.1) is 0 Å². The molecule has 0 N–H and O–H groups in total. The monoisotopic (exact) mass is 337 g/mol. The summed E-state index contributed by atoms with van der Waals surface area (Å²) >= 11 is 0. The molecule has 0 radical (unpaired) electrons. The van der Waals surface area contributed by atoms with Crippen LogP contribution in [0.2, 0.25) is 0 Å². The van der Waals surface area contributed by atoms with Gasteiger partial charge in [-0.25, -0.2) is 0 Å². The molecular weight excluding hydrogens is 322 g/mol. The minimum absolute atomic E-state index is 0.151. The maximum absolute atomic E-state index is 13.1. The van der Waals surface area contributed by atoms with Gasteiger partial charge >= 0.3 is 0 Å². The van der Waals surface area contributed by atoms with Crippen LogP contribution in [0.3, 0.4) is 0 Å². The number of para-hydroxylation sites is 1. The number of hydrogen-bond donors (Lipinski definition) is 0. The average molecular weight is 337 g/mol. The van der Waals surface area contributed by atoms with Gasteiger partial charge in [-0.3, -0.25) is 14.6 Å². The van der Waals surface area contributed by atoms with E-state index in [0.717, 1.165) is 27.2 Å². The van der Waals surface area contributed by atoms with Crippen molar-refractivity contribution in [3.63, 3.8) is 0 Å². The first kappa shape index (κ1) is 15.0. The molecule has 3 nitrogen and oxygen atoms in total. The van der Waals surface area contributed by atoms with Gasteiger partial charge in [0.05, 0.1) is 11.2 Å². The van der Waals surface area contributed by atoms with E-state index in [-0.39, 0.29) is 11.6 Å². The standard InChI is InChI=1S/C23H15NO2/c1-13-10-16-8-4-5-9-19(16)24-21(13)20-22(25)17-11-14-6-2-3-7-15(14)12-18(17)23(20)26/h2-12,20H,1H3. The van der Waals surface area contributed by atoms with Crippen molar-refractivity contribution in [2.45, 2.75) is 12.8 Å². The smallest absolute Gasteiger partial charge is 0.180 e. The number of hydrogen-bond acceptors (Lipinski definition) is 3. The molecule has 1 aromatic heterocycles. The van der Waals surface area contributed by atoms with Crippen LogP contribution in [0.15, 0.2) is 66.7 Å². The summed E-state index contributed by atoms with van der Waals surface area (Å²) in [5.74, 6) is -1.14. The fourth-order valence-electron chi connectivity index (χ4n) is 3.86. The number of Topliss-reactive ketones (excluding diaryl/α,β-unsaturated/α-hetero) is 2. The van der Waals surface area contributed by atoms with Crippen molar-refractivity contribution in [1.82, 2.24) is 4.98 Å². The molecule has 0 spiro atoms. The lowest BCUT2D eigenvalue weighted by Gasteiger charge is -2.11. The minimum Gasteiger partial charge on any atom is -0.293 e. The van der Waals surface area contributed by atoms with Crippen molar-refractivity contribution in [2.24, 2.45) is 0 Å². The SMILES string of the molecule is Cc1cc2ccccc2nc1C1C(=O)c2cc3ccccc3cc2C1=O. The molecule has 0 fully saturated rings. The van der Waals surface area contributed by atoms with Gasteiger partial charge in [0.1, 0.15) is 5.92 Å². The number of benzene rings is 3. The third-order valence-electron chi connectivity index (χ3n) is 5.17. The molecule has 0 bridgehead atoms. The van der Waals surface area contributed by atoms with Crippen LogP contribution < -0.4 is 0 Å². The van der Waals surface area contributed by atoms with E-state index in [4.69, 9.17) is 0 Å². The normalized spacial score (nSPS) is 14.3. The third-order valence-corrected chi connectivity index (χ3v) is 5.17. The van der Waals surface area contributed by atoms with Crippen molar-refractivity contribution in [1.29, 1.82) is 0 Å². The van der Waals surface area contributed by atoms with Crippen LogP contribution in [-0.2, 0) is 0 Å². The van der Waals surface area contributed by atoms with Crippen LogP contribution in [0.1, 0.15) is 37.9 Å². The Hall–Kier alpha value is -3.33. The van der Waals surface area contributed by atoms with E-state index in [1.807, 2.05) is 73.7 Å². The predicted octanol–water partition coefficient (Wildman–Crippen LogP) is 4.86. The molecule has 26 heavy (non-hydrogen) atoms. The second kappa shape index (κ2) is 5.33. The van der Waals surface area contributed by atoms with E-state index < -0.39 is 5.92 Å². The summed E-state index contributed by atoms with van der Waals surface area (Å²) in [5.41, 5.74) is 3.25. The molecule has 0 unspecified atom stereocenters. The Balaban J connectivity index is 1.71. The highest BCUT2D eigenvalue weighted by Gasteiger charge is 2.41. The first-order chi connectivity index (χ1) is 12.6. The third kappa shape index (κ3) is 2.04. The van der Waals surface area contributed by atoms with Crippen LogP contribution in [-0.4, -0.2) is 16.6 Å². The Morgan fingerprint density at radius 1 is 0.731 bits per heavy atom. The summed E-state index contributed by atoms with van der Waals surface area (Å²) in [6, 6.07) is 21.2. The molecular formula is C23H15NO2. The summed E-state index contributed by atoms with van der Waals surface area (Å²) in [7, 11) is 0. The lowest BCUT2D eigenvalue weighted by Crippen LogP contribution is -2.16. The van der Waals surface area contributed by atoms with Gasteiger partial charge in [-0.2, -0.15) is 0 Å². The van der Waals surface area contributed by atoms with E-state index in [9.17, 15) is 9.59 Å². The number of fused-ring (bicyclic) bond motifs is 3. The van der Waals surface area contributed by atoms with E-state index in [1.165, 1.54) is 0 Å². The van der Waals surface area contributed by atoms with Crippen LogP contribution in [0.5, 0.6) is 0 Å². The summed E-state index contributed by atoms with van der Waals surface area (Å²) in [4.78, 5) is 30.8. The molecule has 5 rings (SSSR count). The number of aromatic nitrogens is 1. The van der Waals surface area contributed by atoms with E-state index in [1.54, 1.807) is 0 Å². The summed E-state index contributed by atoms with van der Waals surface area (Å²) in [6.45, 7) is 1.91. The predicted molar refractivity (Wildman–Crippen MR) is 102 cm³/mol. The molecule has 124 valence electrons. The lowest BCUT2D eigenvalue weighted by molar-refractivity contribution is 0.0887. The molecule has 0 aliphatic heterocycles. The van der Waals surface area contributed by atoms with Crippen molar-refractivity contribution in [3.05, 3.63) is 89.1 Å². The van der Waals surface area contributed by atoms with Crippen LogP contribution >= 0.6 is 0 Å². The Morgan fingerprint density at radius 3 is 1.88 bits per heavy atom. The first-order valence-corrected chi connectivity index (χ1v) is 8.61. The maximum atomic E-state index is 13.1. The van der Waals surface area contributed by atoms with Crippen LogP contribution in [0.4, 0.5) is 0 Å². The summed E-state index contributed by atoms with van der Waals surface area (Å²) < 4.78 is 0. The topological polar surface area (TPSA) is 47.0 Å². The molecule has 1 heterocycles. The van der Waals surface area contributed by atoms with Crippen LogP contribution in [0, 0.1) is 6.92 Å². The van der Waals surface area contributed by atoms with Crippen LogP contribution in [0.25, 0.3) is 21.7 Å². The zero-order valence-electron chi connectivity index (χ0n) is 14.2. The molecule has 3 aromatic carbocycles. The fraction of sp³-hybridized carbons (Fsp3) is 0.0870. The van der Waals surface area contributed by atoms with Crippen molar-refractivity contribution >= 4 is 33.2 Å². The Morgan fingerprint density at radius 2 is 1.27 bits per heavy atom. The number of nitrogens with zero attached hydrogens (tertiary/aromatic N) is 1. The molecule has 3 heteroatoms. The van der Waals surface area contributed by atoms with Gasteiger partial charge in [-0.1, -0.05) is 42.5 Å². The molecule has 1 aliphatic carbocycles. The summed E-state index contributed by atoms with van der Waals surface area (Å²) in [5, 5.41) is 2.95. The van der Waals surface area contributed by atoms with Gasteiger partial charge in [0.15, 0.2) is 11.6 Å². The second-order valence-corrected chi connectivity index (χ2v) is 6.79. The number of pyridine rings is 1. The molecule has 0 atom stereocenters. The van der Waals surface area contributed by atoms with E-state index >= 15 is 0 Å². The molecule has 4 aromatic rings. The summed E-state index contributed by atoms with van der Waals surface area (Å²) in [6.07, 6.45) is 0. The highest BCUT2D eigenvalue weighted by molar-refractivity contribution is 6.30. The molecule has 0 saturated heterocycles. The molecule has 0 saturated carbocycles. The number of aryl methyl sites for hydroxylation is 1. The van der Waals surface area contributed by atoms with Gasteiger partial charge in [0.25, 0.3) is 0 Å². The van der Waals surface area contributed by atoms with Gasteiger partial charge < -0.3 is 0 Å². The van der Waals surface area contributed by atoms with Crippen molar-refractivity contribution in [3.8, 4) is 0 Å². The van der Waals surface area contributed by atoms with E-state index in [2.05, 4.69) is 4.98 Å². The lowest BCUT2D eigenvalue weighted by atomic mass is 9.95. The Bertz CT molecular complexity index is 1190. The quantitative estimate of drug-likeness (QED) is 0.466.